The molecule has 1 aromatic rings. The average Bonchev–Trinajstić information content (AvgIpc) is 2.71. The molecule has 0 nitrogen and oxygen atoms in total. The van der Waals surface area contributed by atoms with E-state index in [4.69, 9.17) is 0 Å². The summed E-state index contributed by atoms with van der Waals surface area (Å²) in [5.41, 5.74) is 3.24. The highest BCUT2D eigenvalue weighted by Gasteiger charge is 2.25. The quantitative estimate of drug-likeness (QED) is 0.634. The summed E-state index contributed by atoms with van der Waals surface area (Å²) < 4.78 is 0. The van der Waals surface area contributed by atoms with Gasteiger partial charge < -0.3 is 0 Å². The van der Waals surface area contributed by atoms with Gasteiger partial charge in [0.25, 0.3) is 0 Å². The lowest BCUT2D eigenvalue weighted by Crippen LogP contribution is -2.24. The van der Waals surface area contributed by atoms with Gasteiger partial charge >= 0.3 is 0 Å². The maximum absolute atomic E-state index is 2.47. The Morgan fingerprint density at radius 2 is 1.50 bits per heavy atom. The Bertz CT molecular complexity index is 374. The maximum Gasteiger partial charge on any atom is 0.0783 e. The van der Waals surface area contributed by atoms with Crippen LogP contribution in [0.1, 0.15) is 31.2 Å². The van der Waals surface area contributed by atoms with Gasteiger partial charge in [0.2, 0.25) is 0 Å². The molecule has 0 N–H and O–H groups in total. The molecule has 0 saturated heterocycles. The van der Waals surface area contributed by atoms with Gasteiger partial charge in [0.1, 0.15) is 0 Å². The molecule has 0 radical (unpaired) electrons. The standard InChI is InChI=1S/C15H22Si/c1-16(2,3)15(14-11-7-8-12-14)13-9-5-4-6-10-13/h4-6,9-10H,7-8,11-12H2,1-3H3. The highest BCUT2D eigenvalue weighted by Crippen LogP contribution is 2.36. The van der Waals surface area contributed by atoms with Gasteiger partial charge in [0.05, 0.1) is 8.07 Å². The van der Waals surface area contributed by atoms with Gasteiger partial charge in [-0.25, -0.2) is 0 Å². The summed E-state index contributed by atoms with van der Waals surface area (Å²) in [5, 5.41) is 1.73. The van der Waals surface area contributed by atoms with Gasteiger partial charge in [-0.05, 0) is 31.2 Å². The van der Waals surface area contributed by atoms with E-state index in [-0.39, 0.29) is 0 Å². The van der Waals surface area contributed by atoms with Crippen LogP contribution in [-0.2, 0) is 0 Å². The Labute approximate surface area is 100 Å². The first-order valence-corrected chi connectivity index (χ1v) is 9.87. The van der Waals surface area contributed by atoms with Crippen molar-refractivity contribution in [3.63, 3.8) is 0 Å². The number of benzene rings is 1. The van der Waals surface area contributed by atoms with Crippen molar-refractivity contribution in [2.24, 2.45) is 0 Å². The smallest absolute Gasteiger partial charge is 0.0704 e. The van der Waals surface area contributed by atoms with Crippen LogP contribution in [0.3, 0.4) is 0 Å². The average molecular weight is 230 g/mol. The molecule has 16 heavy (non-hydrogen) atoms. The Hall–Kier alpha value is -0.823. The molecule has 86 valence electrons. The van der Waals surface area contributed by atoms with E-state index in [1.54, 1.807) is 10.8 Å². The lowest BCUT2D eigenvalue weighted by Gasteiger charge is -2.24. The summed E-state index contributed by atoms with van der Waals surface area (Å²) in [6.45, 7) is 7.42. The monoisotopic (exact) mass is 230 g/mol. The van der Waals surface area contributed by atoms with Crippen LogP contribution in [0.15, 0.2) is 35.9 Å². The Morgan fingerprint density at radius 1 is 0.938 bits per heavy atom. The van der Waals surface area contributed by atoms with Crippen LogP contribution in [-0.4, -0.2) is 8.07 Å². The molecule has 1 aliphatic rings. The molecule has 1 heteroatoms. The molecule has 1 aromatic carbocycles. The van der Waals surface area contributed by atoms with Crippen molar-refractivity contribution < 1.29 is 0 Å². The van der Waals surface area contributed by atoms with Crippen molar-refractivity contribution >= 4 is 13.3 Å². The fourth-order valence-corrected chi connectivity index (χ4v) is 5.17. The summed E-state index contributed by atoms with van der Waals surface area (Å²) in [5.74, 6) is 0. The zero-order valence-electron chi connectivity index (χ0n) is 10.7. The Balaban J connectivity index is 2.48. The molecule has 1 saturated carbocycles. The van der Waals surface area contributed by atoms with Gasteiger partial charge in [0.15, 0.2) is 0 Å². The van der Waals surface area contributed by atoms with E-state index < -0.39 is 8.07 Å². The van der Waals surface area contributed by atoms with Crippen molar-refractivity contribution in [3.8, 4) is 0 Å². The van der Waals surface area contributed by atoms with Gasteiger partial charge in [0, 0.05) is 0 Å². The van der Waals surface area contributed by atoms with Crippen molar-refractivity contribution in [2.75, 3.05) is 0 Å². The van der Waals surface area contributed by atoms with E-state index in [2.05, 4.69) is 50.0 Å². The molecular weight excluding hydrogens is 208 g/mol. The predicted molar refractivity (Wildman–Crippen MR) is 75.2 cm³/mol. The van der Waals surface area contributed by atoms with Gasteiger partial charge in [-0.1, -0.05) is 60.7 Å². The van der Waals surface area contributed by atoms with E-state index in [9.17, 15) is 0 Å². The Morgan fingerprint density at radius 3 is 2.00 bits per heavy atom. The van der Waals surface area contributed by atoms with Crippen LogP contribution < -0.4 is 0 Å². The van der Waals surface area contributed by atoms with E-state index in [0.29, 0.717) is 0 Å². The van der Waals surface area contributed by atoms with Crippen molar-refractivity contribution in [2.45, 2.75) is 45.3 Å². The van der Waals surface area contributed by atoms with E-state index in [1.807, 2.05) is 0 Å². The minimum absolute atomic E-state index is 1.21. The van der Waals surface area contributed by atoms with Crippen molar-refractivity contribution in [1.82, 2.24) is 0 Å². The van der Waals surface area contributed by atoms with Gasteiger partial charge in [-0.2, -0.15) is 0 Å². The molecule has 0 unspecified atom stereocenters. The van der Waals surface area contributed by atoms with Crippen LogP contribution in [0.5, 0.6) is 0 Å². The third kappa shape index (κ3) is 2.46. The van der Waals surface area contributed by atoms with Gasteiger partial charge in [-0.3, -0.25) is 0 Å². The SMILES string of the molecule is C[Si](C)(C)C(=C1CCCC1)c1ccccc1. The first kappa shape index (κ1) is 11.7. The molecule has 0 atom stereocenters. The molecular formula is C15H22Si. The minimum Gasteiger partial charge on any atom is -0.0704 e. The van der Waals surface area contributed by atoms with Crippen molar-refractivity contribution in [1.29, 1.82) is 0 Å². The largest absolute Gasteiger partial charge is 0.0783 e. The first-order chi connectivity index (χ1) is 7.59. The second-order valence-corrected chi connectivity index (χ2v) is 10.8. The lowest BCUT2D eigenvalue weighted by molar-refractivity contribution is 0.886. The zero-order chi connectivity index (χ0) is 11.6. The lowest BCUT2D eigenvalue weighted by atomic mass is 10.1. The zero-order valence-corrected chi connectivity index (χ0v) is 11.7. The molecule has 0 bridgehead atoms. The fraction of sp³-hybridized carbons (Fsp3) is 0.467. The van der Waals surface area contributed by atoms with E-state index in [1.165, 1.54) is 31.2 Å². The van der Waals surface area contributed by atoms with Crippen molar-refractivity contribution in [3.05, 3.63) is 41.5 Å². The summed E-state index contributed by atoms with van der Waals surface area (Å²) in [7, 11) is -1.21. The molecule has 0 heterocycles. The third-order valence-corrected chi connectivity index (χ3v) is 5.52. The normalized spacial score (nSPS) is 16.6. The van der Waals surface area contributed by atoms with Crippen LogP contribution in [0.2, 0.25) is 19.6 Å². The van der Waals surface area contributed by atoms with E-state index in [0.717, 1.165) is 0 Å². The highest BCUT2D eigenvalue weighted by atomic mass is 28.3. The summed E-state index contributed by atoms with van der Waals surface area (Å²) in [6, 6.07) is 11.0. The number of hydrogen-bond acceptors (Lipinski definition) is 0. The molecule has 1 aliphatic carbocycles. The number of rotatable bonds is 2. The summed E-state index contributed by atoms with van der Waals surface area (Å²) in [4.78, 5) is 0. The van der Waals surface area contributed by atoms with Crippen LogP contribution in [0.4, 0.5) is 0 Å². The predicted octanol–water partition coefficient (Wildman–Crippen LogP) is 4.89. The van der Waals surface area contributed by atoms with Crippen LogP contribution >= 0.6 is 0 Å². The third-order valence-electron chi connectivity index (χ3n) is 3.37. The minimum atomic E-state index is -1.21. The Kier molecular flexibility index (Phi) is 3.34. The van der Waals surface area contributed by atoms with Gasteiger partial charge in [-0.15, -0.1) is 0 Å². The molecule has 0 aromatic heterocycles. The molecule has 0 amide bonds. The highest BCUT2D eigenvalue weighted by molar-refractivity contribution is 6.93. The molecule has 1 fully saturated rings. The number of allylic oxidation sites excluding steroid dienone is 1. The second-order valence-electron chi connectivity index (χ2n) is 5.80. The maximum atomic E-state index is 2.47. The molecule has 0 aliphatic heterocycles. The second kappa shape index (κ2) is 4.58. The molecule has 0 spiro atoms. The number of hydrogen-bond donors (Lipinski definition) is 0. The van der Waals surface area contributed by atoms with Crippen LogP contribution in [0, 0.1) is 0 Å². The molecule has 2 rings (SSSR count). The fourth-order valence-electron chi connectivity index (χ4n) is 2.82. The van der Waals surface area contributed by atoms with E-state index >= 15 is 0 Å². The summed E-state index contributed by atoms with van der Waals surface area (Å²) >= 11 is 0. The van der Waals surface area contributed by atoms with Crippen LogP contribution in [0.25, 0.3) is 5.20 Å². The first-order valence-electron chi connectivity index (χ1n) is 6.37. The summed E-state index contributed by atoms with van der Waals surface area (Å²) in [6.07, 6.45) is 5.48. The topological polar surface area (TPSA) is 0 Å².